The summed E-state index contributed by atoms with van der Waals surface area (Å²) in [5.74, 6) is -0.211. The lowest BCUT2D eigenvalue weighted by Crippen LogP contribution is -2.20. The molecule has 0 amide bonds. The maximum absolute atomic E-state index is 11.7. The van der Waals surface area contributed by atoms with Crippen molar-refractivity contribution in [3.63, 3.8) is 0 Å². The summed E-state index contributed by atoms with van der Waals surface area (Å²) in [6.07, 6.45) is 7.08. The second-order valence-electron chi connectivity index (χ2n) is 4.70. The zero-order chi connectivity index (χ0) is 13.1. The van der Waals surface area contributed by atoms with Crippen molar-refractivity contribution < 1.29 is 14.6 Å². The molecule has 0 spiro atoms. The predicted molar refractivity (Wildman–Crippen MR) is 69.5 cm³/mol. The van der Waals surface area contributed by atoms with E-state index in [-0.39, 0.29) is 18.0 Å². The number of hydrogen-bond acceptors (Lipinski definition) is 3. The highest BCUT2D eigenvalue weighted by atomic mass is 17.2. The van der Waals surface area contributed by atoms with Gasteiger partial charge in [-0.1, -0.05) is 46.5 Å². The standard InChI is InChI=1S/C14H28O3/c1-5-8-10-12(4)16-17-14(15)13(7-3)11-9-6-2/h12-13H,5-11H2,1-4H3. The lowest BCUT2D eigenvalue weighted by Gasteiger charge is -2.15. The minimum atomic E-state index is -0.204. The van der Waals surface area contributed by atoms with Crippen LogP contribution in [0, 0.1) is 5.92 Å². The van der Waals surface area contributed by atoms with Crippen LogP contribution in [0.5, 0.6) is 0 Å². The van der Waals surface area contributed by atoms with Crippen molar-refractivity contribution in [1.82, 2.24) is 0 Å². The van der Waals surface area contributed by atoms with E-state index in [1.807, 2.05) is 13.8 Å². The van der Waals surface area contributed by atoms with Gasteiger partial charge in [0.25, 0.3) is 0 Å². The number of carbonyl (C=O) groups excluding carboxylic acids is 1. The quantitative estimate of drug-likeness (QED) is 0.425. The summed E-state index contributed by atoms with van der Waals surface area (Å²) in [6.45, 7) is 8.22. The highest BCUT2D eigenvalue weighted by Crippen LogP contribution is 2.15. The van der Waals surface area contributed by atoms with Gasteiger partial charge in [0.2, 0.25) is 0 Å². The van der Waals surface area contributed by atoms with Gasteiger partial charge in [-0.25, -0.2) is 4.79 Å². The summed E-state index contributed by atoms with van der Waals surface area (Å²) in [5, 5.41) is 0. The van der Waals surface area contributed by atoms with Gasteiger partial charge in [-0.05, 0) is 26.2 Å². The van der Waals surface area contributed by atoms with Gasteiger partial charge >= 0.3 is 5.97 Å². The monoisotopic (exact) mass is 244 g/mol. The van der Waals surface area contributed by atoms with Crippen LogP contribution in [0.4, 0.5) is 0 Å². The molecule has 0 aromatic heterocycles. The van der Waals surface area contributed by atoms with Gasteiger partial charge in [0.15, 0.2) is 0 Å². The predicted octanol–water partition coefficient (Wildman–Crippen LogP) is 4.26. The molecule has 102 valence electrons. The Morgan fingerprint density at radius 3 is 2.18 bits per heavy atom. The van der Waals surface area contributed by atoms with Gasteiger partial charge in [0.1, 0.15) is 6.10 Å². The third kappa shape index (κ3) is 8.19. The fourth-order valence-corrected chi connectivity index (χ4v) is 1.68. The Morgan fingerprint density at radius 1 is 1.06 bits per heavy atom. The van der Waals surface area contributed by atoms with Gasteiger partial charge in [-0.15, -0.1) is 0 Å². The molecule has 3 nitrogen and oxygen atoms in total. The fraction of sp³-hybridized carbons (Fsp3) is 0.929. The zero-order valence-corrected chi connectivity index (χ0v) is 11.8. The van der Waals surface area contributed by atoms with Gasteiger partial charge < -0.3 is 0 Å². The molecule has 17 heavy (non-hydrogen) atoms. The van der Waals surface area contributed by atoms with Gasteiger partial charge in [0, 0.05) is 0 Å². The van der Waals surface area contributed by atoms with Crippen LogP contribution in [0.3, 0.4) is 0 Å². The molecule has 2 atom stereocenters. The third-order valence-electron chi connectivity index (χ3n) is 2.99. The Balaban J connectivity index is 3.80. The maximum atomic E-state index is 11.7. The first-order chi connectivity index (χ1) is 8.15. The van der Waals surface area contributed by atoms with Crippen LogP contribution < -0.4 is 0 Å². The molecule has 2 unspecified atom stereocenters. The fourth-order valence-electron chi connectivity index (χ4n) is 1.68. The average Bonchev–Trinajstić information content (AvgIpc) is 2.34. The van der Waals surface area contributed by atoms with Crippen molar-refractivity contribution in [3.05, 3.63) is 0 Å². The van der Waals surface area contributed by atoms with Crippen molar-refractivity contribution in [1.29, 1.82) is 0 Å². The smallest absolute Gasteiger partial charge is 0.298 e. The number of hydrogen-bond donors (Lipinski definition) is 0. The van der Waals surface area contributed by atoms with Crippen LogP contribution in [-0.2, 0) is 14.6 Å². The highest BCUT2D eigenvalue weighted by molar-refractivity contribution is 5.71. The van der Waals surface area contributed by atoms with Crippen LogP contribution >= 0.6 is 0 Å². The number of unbranched alkanes of at least 4 members (excludes halogenated alkanes) is 2. The van der Waals surface area contributed by atoms with E-state index in [1.165, 1.54) is 0 Å². The molecular formula is C14H28O3. The lowest BCUT2D eigenvalue weighted by molar-refractivity contribution is -0.299. The van der Waals surface area contributed by atoms with Crippen LogP contribution in [0.2, 0.25) is 0 Å². The van der Waals surface area contributed by atoms with Crippen molar-refractivity contribution in [2.24, 2.45) is 5.92 Å². The van der Waals surface area contributed by atoms with E-state index in [4.69, 9.17) is 9.78 Å². The van der Waals surface area contributed by atoms with Crippen LogP contribution in [0.25, 0.3) is 0 Å². The topological polar surface area (TPSA) is 35.5 Å². The van der Waals surface area contributed by atoms with E-state index in [0.717, 1.165) is 44.9 Å². The molecule has 0 aliphatic carbocycles. The van der Waals surface area contributed by atoms with Crippen molar-refractivity contribution >= 4 is 5.97 Å². The third-order valence-corrected chi connectivity index (χ3v) is 2.99. The van der Waals surface area contributed by atoms with Crippen LogP contribution in [0.15, 0.2) is 0 Å². The largest absolute Gasteiger partial charge is 0.345 e. The van der Waals surface area contributed by atoms with E-state index < -0.39 is 0 Å². The summed E-state index contributed by atoms with van der Waals surface area (Å²) >= 11 is 0. The molecule has 0 aliphatic heterocycles. The molecule has 3 heteroatoms. The first kappa shape index (κ1) is 16.4. The Kier molecular flexibility index (Phi) is 10.2. The van der Waals surface area contributed by atoms with Crippen molar-refractivity contribution in [2.45, 2.75) is 78.7 Å². The summed E-state index contributed by atoms with van der Waals surface area (Å²) in [7, 11) is 0. The van der Waals surface area contributed by atoms with E-state index in [9.17, 15) is 4.79 Å². The summed E-state index contributed by atoms with van der Waals surface area (Å²) in [5.41, 5.74) is 0. The Hall–Kier alpha value is -0.570. The molecule has 0 fully saturated rings. The molecule has 0 aromatic carbocycles. The Morgan fingerprint density at radius 2 is 1.65 bits per heavy atom. The summed E-state index contributed by atoms with van der Waals surface area (Å²) < 4.78 is 0. The minimum Gasteiger partial charge on any atom is -0.298 e. The van der Waals surface area contributed by atoms with E-state index >= 15 is 0 Å². The molecule has 0 bridgehead atoms. The van der Waals surface area contributed by atoms with E-state index in [0.29, 0.717) is 0 Å². The van der Waals surface area contributed by atoms with Gasteiger partial charge in [-0.3, -0.25) is 4.89 Å². The molecule has 0 rings (SSSR count). The van der Waals surface area contributed by atoms with Gasteiger partial charge in [-0.2, -0.15) is 4.89 Å². The summed E-state index contributed by atoms with van der Waals surface area (Å²) in [4.78, 5) is 21.7. The SMILES string of the molecule is CCCCC(C)OOC(=O)C(CC)CCCC. The number of carbonyl (C=O) groups is 1. The molecule has 0 saturated carbocycles. The molecular weight excluding hydrogens is 216 g/mol. The molecule has 0 aliphatic rings. The molecule has 0 aromatic rings. The van der Waals surface area contributed by atoms with Crippen LogP contribution in [0.1, 0.15) is 72.6 Å². The second-order valence-corrected chi connectivity index (χ2v) is 4.70. The first-order valence-electron chi connectivity index (χ1n) is 7.02. The van der Waals surface area contributed by atoms with E-state index in [1.54, 1.807) is 0 Å². The zero-order valence-electron chi connectivity index (χ0n) is 11.8. The van der Waals surface area contributed by atoms with Crippen molar-refractivity contribution in [3.8, 4) is 0 Å². The average molecular weight is 244 g/mol. The normalized spacial score (nSPS) is 14.4. The summed E-state index contributed by atoms with van der Waals surface area (Å²) in [6, 6.07) is 0. The van der Waals surface area contributed by atoms with Gasteiger partial charge in [0.05, 0.1) is 5.92 Å². The molecule has 0 heterocycles. The molecule has 0 radical (unpaired) electrons. The van der Waals surface area contributed by atoms with Crippen LogP contribution in [-0.4, -0.2) is 12.1 Å². The second kappa shape index (κ2) is 10.6. The minimum absolute atomic E-state index is 0.00239. The lowest BCUT2D eigenvalue weighted by atomic mass is 10.00. The van der Waals surface area contributed by atoms with Crippen molar-refractivity contribution in [2.75, 3.05) is 0 Å². The first-order valence-corrected chi connectivity index (χ1v) is 7.02. The number of rotatable bonds is 10. The maximum Gasteiger partial charge on any atom is 0.345 e. The Bertz CT molecular complexity index is 192. The Labute approximate surface area is 106 Å². The molecule has 0 N–H and O–H groups in total. The molecule has 0 saturated heterocycles. The van der Waals surface area contributed by atoms with E-state index in [2.05, 4.69) is 13.8 Å². The highest BCUT2D eigenvalue weighted by Gasteiger charge is 2.19.